The van der Waals surface area contributed by atoms with E-state index >= 15 is 0 Å². The van der Waals surface area contributed by atoms with Gasteiger partial charge in [0.15, 0.2) is 0 Å². The topological polar surface area (TPSA) is 52.6 Å². The molecule has 0 spiro atoms. The van der Waals surface area contributed by atoms with Crippen molar-refractivity contribution < 1.29 is 14.3 Å². The van der Waals surface area contributed by atoms with Crippen molar-refractivity contribution in [1.29, 1.82) is 0 Å². The van der Waals surface area contributed by atoms with Crippen molar-refractivity contribution in [2.75, 3.05) is 19.7 Å². The predicted molar refractivity (Wildman–Crippen MR) is 83.8 cm³/mol. The first-order valence-electron chi connectivity index (χ1n) is 7.92. The summed E-state index contributed by atoms with van der Waals surface area (Å²) < 4.78 is 12.9. The molecule has 22 heavy (non-hydrogen) atoms. The van der Waals surface area contributed by atoms with Gasteiger partial charge >= 0.3 is 0 Å². The van der Waals surface area contributed by atoms with Crippen LogP contribution >= 0.6 is 0 Å². The van der Waals surface area contributed by atoms with Gasteiger partial charge in [0.2, 0.25) is 5.91 Å². The van der Waals surface area contributed by atoms with Gasteiger partial charge in [0.1, 0.15) is 5.82 Å². The van der Waals surface area contributed by atoms with Gasteiger partial charge in [-0.25, -0.2) is 4.39 Å². The van der Waals surface area contributed by atoms with E-state index in [0.717, 1.165) is 31.5 Å². The minimum Gasteiger partial charge on any atom is -0.396 e. The third-order valence-corrected chi connectivity index (χ3v) is 4.56. The first-order valence-corrected chi connectivity index (χ1v) is 7.92. The molecule has 122 valence electrons. The monoisotopic (exact) mass is 308 g/mol. The number of likely N-dealkylation sites (tertiary alicyclic amines) is 1. The lowest BCUT2D eigenvalue weighted by Gasteiger charge is -2.35. The third-order valence-electron chi connectivity index (χ3n) is 4.56. The molecule has 1 aliphatic rings. The maximum absolute atomic E-state index is 12.9. The second-order valence-electron chi connectivity index (χ2n) is 6.12. The van der Waals surface area contributed by atoms with Gasteiger partial charge in [0, 0.05) is 6.61 Å². The van der Waals surface area contributed by atoms with Crippen LogP contribution in [0.15, 0.2) is 24.3 Å². The molecule has 1 heterocycles. The van der Waals surface area contributed by atoms with E-state index in [0.29, 0.717) is 5.92 Å². The minimum absolute atomic E-state index is 0.0146. The van der Waals surface area contributed by atoms with E-state index in [1.54, 1.807) is 12.1 Å². The summed E-state index contributed by atoms with van der Waals surface area (Å²) in [5.74, 6) is 0.0753. The summed E-state index contributed by atoms with van der Waals surface area (Å²) in [6.07, 6.45) is 1.86. The molecule has 2 unspecified atom stereocenters. The second kappa shape index (κ2) is 7.70. The molecule has 0 bridgehead atoms. The molecule has 0 aliphatic carbocycles. The normalized spacial score (nSPS) is 19.6. The highest BCUT2D eigenvalue weighted by Crippen LogP contribution is 2.19. The fraction of sp³-hybridized carbons (Fsp3) is 0.588. The Labute approximate surface area is 131 Å². The zero-order chi connectivity index (χ0) is 16.1. The predicted octanol–water partition coefficient (Wildman–Crippen LogP) is 2.10. The second-order valence-corrected chi connectivity index (χ2v) is 6.12. The van der Waals surface area contributed by atoms with Gasteiger partial charge in [-0.2, -0.15) is 0 Å². The number of nitrogens with zero attached hydrogens (tertiary/aromatic N) is 1. The van der Waals surface area contributed by atoms with Gasteiger partial charge < -0.3 is 10.4 Å². The Balaban J connectivity index is 1.87. The fourth-order valence-electron chi connectivity index (χ4n) is 2.86. The van der Waals surface area contributed by atoms with Crippen molar-refractivity contribution in [3.63, 3.8) is 0 Å². The van der Waals surface area contributed by atoms with Gasteiger partial charge in [0.05, 0.1) is 12.1 Å². The molecule has 1 amide bonds. The van der Waals surface area contributed by atoms with Gasteiger partial charge in [0.25, 0.3) is 0 Å². The lowest BCUT2D eigenvalue weighted by Crippen LogP contribution is -2.49. The molecule has 0 aromatic heterocycles. The number of amides is 1. The van der Waals surface area contributed by atoms with E-state index in [9.17, 15) is 9.18 Å². The molecule has 5 heteroatoms. The molecule has 2 N–H and O–H groups in total. The minimum atomic E-state index is -0.276. The van der Waals surface area contributed by atoms with Crippen molar-refractivity contribution >= 4 is 5.91 Å². The first-order chi connectivity index (χ1) is 10.5. The van der Waals surface area contributed by atoms with Crippen LogP contribution in [0, 0.1) is 11.7 Å². The highest BCUT2D eigenvalue weighted by atomic mass is 19.1. The lowest BCUT2D eigenvalue weighted by molar-refractivity contribution is -0.127. The van der Waals surface area contributed by atoms with Crippen LogP contribution in [0.3, 0.4) is 0 Å². The summed E-state index contributed by atoms with van der Waals surface area (Å²) in [5, 5.41) is 12.2. The average Bonchev–Trinajstić information content (AvgIpc) is 2.54. The van der Waals surface area contributed by atoms with Crippen LogP contribution in [0.25, 0.3) is 0 Å². The Morgan fingerprint density at radius 2 is 1.91 bits per heavy atom. The quantitative estimate of drug-likeness (QED) is 0.876. The third kappa shape index (κ3) is 4.27. The Morgan fingerprint density at radius 1 is 1.32 bits per heavy atom. The largest absolute Gasteiger partial charge is 0.396 e. The molecular weight excluding hydrogens is 283 g/mol. The van der Waals surface area contributed by atoms with Crippen LogP contribution in [-0.2, 0) is 4.79 Å². The van der Waals surface area contributed by atoms with E-state index in [1.807, 2.05) is 13.8 Å². The average molecular weight is 308 g/mol. The highest BCUT2D eigenvalue weighted by Gasteiger charge is 2.27. The number of piperidine rings is 1. The molecule has 1 aromatic carbocycles. The van der Waals surface area contributed by atoms with E-state index in [1.165, 1.54) is 12.1 Å². The molecule has 1 aliphatic heterocycles. The van der Waals surface area contributed by atoms with Crippen LogP contribution in [0.5, 0.6) is 0 Å². The van der Waals surface area contributed by atoms with Crippen molar-refractivity contribution in [3.8, 4) is 0 Å². The Morgan fingerprint density at radius 3 is 2.45 bits per heavy atom. The molecule has 1 fully saturated rings. The molecule has 0 radical (unpaired) electrons. The van der Waals surface area contributed by atoms with Crippen molar-refractivity contribution in [2.24, 2.45) is 5.92 Å². The molecular formula is C17H25FN2O2. The maximum atomic E-state index is 12.9. The number of carbonyl (C=O) groups is 1. The molecule has 1 aromatic rings. The van der Waals surface area contributed by atoms with Crippen molar-refractivity contribution in [3.05, 3.63) is 35.6 Å². The summed E-state index contributed by atoms with van der Waals surface area (Å²) in [6.45, 7) is 5.72. The van der Waals surface area contributed by atoms with Gasteiger partial charge in [-0.3, -0.25) is 9.69 Å². The number of nitrogens with one attached hydrogen (secondary N) is 1. The van der Waals surface area contributed by atoms with Crippen molar-refractivity contribution in [1.82, 2.24) is 10.2 Å². The molecule has 2 rings (SSSR count). The summed E-state index contributed by atoms with van der Waals surface area (Å²) >= 11 is 0. The number of halogens is 1. The Kier molecular flexibility index (Phi) is 5.91. The van der Waals surface area contributed by atoms with Crippen LogP contribution in [0.2, 0.25) is 0 Å². The van der Waals surface area contributed by atoms with Gasteiger partial charge in [-0.15, -0.1) is 0 Å². The SMILES string of the molecule is CC(NC(=O)C(C)N1CCC(CO)CC1)c1ccc(F)cc1. The lowest BCUT2D eigenvalue weighted by atomic mass is 9.96. The van der Waals surface area contributed by atoms with Crippen LogP contribution < -0.4 is 5.32 Å². The summed E-state index contributed by atoms with van der Waals surface area (Å²) in [6, 6.07) is 5.85. The summed E-state index contributed by atoms with van der Waals surface area (Å²) in [4.78, 5) is 14.5. The van der Waals surface area contributed by atoms with E-state index in [2.05, 4.69) is 10.2 Å². The number of rotatable bonds is 5. The van der Waals surface area contributed by atoms with E-state index < -0.39 is 0 Å². The van der Waals surface area contributed by atoms with Gasteiger partial charge in [-0.1, -0.05) is 12.1 Å². The van der Waals surface area contributed by atoms with E-state index in [4.69, 9.17) is 5.11 Å². The number of benzene rings is 1. The van der Waals surface area contributed by atoms with Gasteiger partial charge in [-0.05, 0) is 63.4 Å². The standard InChI is InChI=1S/C17H25FN2O2/c1-12(15-3-5-16(18)6-4-15)19-17(22)13(2)20-9-7-14(11-21)8-10-20/h3-6,12-14,21H,7-11H2,1-2H3,(H,19,22). The van der Waals surface area contributed by atoms with Crippen LogP contribution in [0.1, 0.15) is 38.3 Å². The smallest absolute Gasteiger partial charge is 0.237 e. The number of carbonyl (C=O) groups excluding carboxylic acids is 1. The number of hydrogen-bond acceptors (Lipinski definition) is 3. The number of aliphatic hydroxyl groups excluding tert-OH is 1. The highest BCUT2D eigenvalue weighted by molar-refractivity contribution is 5.81. The molecule has 2 atom stereocenters. The Bertz CT molecular complexity index is 484. The Hall–Kier alpha value is -1.46. The first kappa shape index (κ1) is 16.9. The van der Waals surface area contributed by atoms with Crippen LogP contribution in [-0.4, -0.2) is 41.7 Å². The zero-order valence-corrected chi connectivity index (χ0v) is 13.3. The van der Waals surface area contributed by atoms with E-state index in [-0.39, 0.29) is 30.4 Å². The number of aliphatic hydroxyl groups is 1. The number of hydrogen-bond donors (Lipinski definition) is 2. The fourth-order valence-corrected chi connectivity index (χ4v) is 2.86. The molecule has 1 saturated heterocycles. The van der Waals surface area contributed by atoms with Crippen molar-refractivity contribution in [2.45, 2.75) is 38.8 Å². The van der Waals surface area contributed by atoms with Crippen LogP contribution in [0.4, 0.5) is 4.39 Å². The summed E-state index contributed by atoms with van der Waals surface area (Å²) in [5.41, 5.74) is 0.890. The zero-order valence-electron chi connectivity index (χ0n) is 13.3. The summed E-state index contributed by atoms with van der Waals surface area (Å²) in [7, 11) is 0. The molecule has 0 saturated carbocycles. The maximum Gasteiger partial charge on any atom is 0.237 e. The molecule has 4 nitrogen and oxygen atoms in total.